The van der Waals surface area contributed by atoms with Crippen LogP contribution in [0.25, 0.3) is 11.0 Å². The molecule has 0 saturated carbocycles. The molecule has 5 heteroatoms. The molecular formula is C22H23BrO4. The van der Waals surface area contributed by atoms with Gasteiger partial charge in [-0.15, -0.1) is 0 Å². The molecule has 0 aliphatic carbocycles. The minimum absolute atomic E-state index is 0.313. The number of fused-ring (bicyclic) bond motifs is 1. The lowest BCUT2D eigenvalue weighted by atomic mass is 9.89. The van der Waals surface area contributed by atoms with Crippen LogP contribution < -0.4 is 4.74 Å². The number of rotatable bonds is 5. The Labute approximate surface area is 167 Å². The van der Waals surface area contributed by atoms with E-state index < -0.39 is 0 Å². The highest BCUT2D eigenvalue weighted by Crippen LogP contribution is 2.36. The van der Waals surface area contributed by atoms with Gasteiger partial charge in [-0.25, -0.2) is 4.79 Å². The van der Waals surface area contributed by atoms with Gasteiger partial charge in [0.1, 0.15) is 29.3 Å². The number of hydrogen-bond acceptors (Lipinski definition) is 4. The van der Waals surface area contributed by atoms with Crippen molar-refractivity contribution in [2.45, 2.75) is 39.7 Å². The van der Waals surface area contributed by atoms with Crippen molar-refractivity contribution in [1.82, 2.24) is 0 Å². The Bertz CT molecular complexity index is 966. The minimum atomic E-state index is -0.371. The zero-order chi connectivity index (χ0) is 19.6. The van der Waals surface area contributed by atoms with Gasteiger partial charge >= 0.3 is 5.97 Å². The van der Waals surface area contributed by atoms with E-state index in [0.717, 1.165) is 10.0 Å². The largest absolute Gasteiger partial charge is 0.489 e. The Morgan fingerprint density at radius 2 is 1.89 bits per heavy atom. The number of carbonyl (C=O) groups is 1. The Morgan fingerprint density at radius 3 is 2.56 bits per heavy atom. The van der Waals surface area contributed by atoms with Crippen LogP contribution in [0.5, 0.6) is 5.75 Å². The highest BCUT2D eigenvalue weighted by molar-refractivity contribution is 9.10. The number of carbonyl (C=O) groups excluding carboxylic acids is 1. The second-order valence-electron chi connectivity index (χ2n) is 7.31. The Hall–Kier alpha value is -2.27. The monoisotopic (exact) mass is 430 g/mol. The molecule has 0 bridgehead atoms. The normalized spacial score (nSPS) is 11.6. The highest BCUT2D eigenvalue weighted by atomic mass is 79.9. The first-order valence-corrected chi connectivity index (χ1v) is 9.71. The van der Waals surface area contributed by atoms with Gasteiger partial charge in [-0.3, -0.25) is 0 Å². The van der Waals surface area contributed by atoms with Gasteiger partial charge in [0.15, 0.2) is 0 Å². The highest BCUT2D eigenvalue weighted by Gasteiger charge is 2.30. The van der Waals surface area contributed by atoms with Crippen LogP contribution in [0.1, 0.15) is 49.4 Å². The van der Waals surface area contributed by atoms with Gasteiger partial charge in [0, 0.05) is 20.8 Å². The summed E-state index contributed by atoms with van der Waals surface area (Å²) < 4.78 is 18.2. The molecule has 27 heavy (non-hydrogen) atoms. The van der Waals surface area contributed by atoms with Crippen molar-refractivity contribution in [3.8, 4) is 5.75 Å². The summed E-state index contributed by atoms with van der Waals surface area (Å²) in [5, 5.41) is 0.711. The first-order chi connectivity index (χ1) is 12.8. The molecule has 0 aliphatic rings. The third-order valence-corrected chi connectivity index (χ3v) is 4.95. The average molecular weight is 431 g/mol. The topological polar surface area (TPSA) is 48.7 Å². The van der Waals surface area contributed by atoms with E-state index in [9.17, 15) is 4.79 Å². The van der Waals surface area contributed by atoms with Crippen LogP contribution in [0.3, 0.4) is 0 Å². The van der Waals surface area contributed by atoms with Crippen molar-refractivity contribution in [2.24, 2.45) is 0 Å². The Balaban J connectivity index is 1.99. The molecule has 0 radical (unpaired) electrons. The Morgan fingerprint density at radius 1 is 1.15 bits per heavy atom. The zero-order valence-corrected chi connectivity index (χ0v) is 17.6. The van der Waals surface area contributed by atoms with Crippen molar-refractivity contribution < 1.29 is 18.7 Å². The maximum atomic E-state index is 12.6. The minimum Gasteiger partial charge on any atom is -0.489 e. The molecule has 1 aromatic heterocycles. The third-order valence-electron chi connectivity index (χ3n) is 4.17. The van der Waals surface area contributed by atoms with E-state index >= 15 is 0 Å². The van der Waals surface area contributed by atoms with Crippen LogP contribution in [0, 0.1) is 0 Å². The molecule has 0 fully saturated rings. The molecule has 3 rings (SSSR count). The number of halogens is 1. The SMILES string of the molecule is CCOC(=O)c1c(C(C)(C)C)oc2ccc(OCc3ccccc3Br)cc12. The van der Waals surface area contributed by atoms with Crippen molar-refractivity contribution in [1.29, 1.82) is 0 Å². The summed E-state index contributed by atoms with van der Waals surface area (Å²) in [6, 6.07) is 13.4. The molecule has 0 atom stereocenters. The summed E-state index contributed by atoms with van der Waals surface area (Å²) >= 11 is 3.53. The van der Waals surface area contributed by atoms with Crippen LogP contribution in [0.15, 0.2) is 51.4 Å². The summed E-state index contributed by atoms with van der Waals surface area (Å²) in [6.07, 6.45) is 0. The number of furan rings is 1. The number of hydrogen-bond donors (Lipinski definition) is 0. The predicted octanol–water partition coefficient (Wildman–Crippen LogP) is 6.25. The summed E-state index contributed by atoms with van der Waals surface area (Å²) in [6.45, 7) is 8.56. The van der Waals surface area contributed by atoms with E-state index in [4.69, 9.17) is 13.9 Å². The van der Waals surface area contributed by atoms with Gasteiger partial charge in [-0.05, 0) is 31.2 Å². The first-order valence-electron chi connectivity index (χ1n) is 8.91. The van der Waals surface area contributed by atoms with Crippen LogP contribution in [0.4, 0.5) is 0 Å². The van der Waals surface area contributed by atoms with E-state index in [2.05, 4.69) is 15.9 Å². The summed E-state index contributed by atoms with van der Waals surface area (Å²) in [7, 11) is 0. The van der Waals surface area contributed by atoms with E-state index in [1.165, 1.54) is 0 Å². The molecule has 142 valence electrons. The molecule has 0 N–H and O–H groups in total. The first kappa shape index (κ1) is 19.5. The van der Waals surface area contributed by atoms with E-state index in [0.29, 0.717) is 41.3 Å². The molecule has 0 aliphatic heterocycles. The fraction of sp³-hybridized carbons (Fsp3) is 0.318. The predicted molar refractivity (Wildman–Crippen MR) is 109 cm³/mol. The second-order valence-corrected chi connectivity index (χ2v) is 8.17. The number of esters is 1. The standard InChI is InChI=1S/C22H23BrO4/c1-5-25-21(24)19-16-12-15(26-13-14-8-6-7-9-17(14)23)10-11-18(16)27-20(19)22(2,3)4/h6-12H,5,13H2,1-4H3. The number of ether oxygens (including phenoxy) is 2. The lowest BCUT2D eigenvalue weighted by molar-refractivity contribution is 0.0523. The van der Waals surface area contributed by atoms with Gasteiger partial charge in [0.25, 0.3) is 0 Å². The third kappa shape index (κ3) is 4.19. The molecular weight excluding hydrogens is 408 g/mol. The molecule has 0 unspecified atom stereocenters. The number of benzene rings is 2. The average Bonchev–Trinajstić information content (AvgIpc) is 3.00. The smallest absolute Gasteiger partial charge is 0.342 e. The quantitative estimate of drug-likeness (QED) is 0.448. The maximum absolute atomic E-state index is 12.6. The molecule has 1 heterocycles. The van der Waals surface area contributed by atoms with Crippen molar-refractivity contribution in [3.05, 3.63) is 63.8 Å². The molecule has 4 nitrogen and oxygen atoms in total. The van der Waals surface area contributed by atoms with Gasteiger partial charge < -0.3 is 13.9 Å². The fourth-order valence-electron chi connectivity index (χ4n) is 2.88. The van der Waals surface area contributed by atoms with Crippen LogP contribution in [-0.4, -0.2) is 12.6 Å². The van der Waals surface area contributed by atoms with Crippen LogP contribution in [-0.2, 0) is 16.8 Å². The van der Waals surface area contributed by atoms with E-state index in [1.807, 2.05) is 63.2 Å². The molecule has 0 amide bonds. The molecule has 0 saturated heterocycles. The summed E-state index contributed by atoms with van der Waals surface area (Å²) in [5.74, 6) is 0.924. The van der Waals surface area contributed by atoms with E-state index in [-0.39, 0.29) is 11.4 Å². The van der Waals surface area contributed by atoms with Crippen LogP contribution >= 0.6 is 15.9 Å². The zero-order valence-electron chi connectivity index (χ0n) is 16.0. The van der Waals surface area contributed by atoms with Gasteiger partial charge in [0.2, 0.25) is 0 Å². The van der Waals surface area contributed by atoms with Gasteiger partial charge in [0.05, 0.1) is 6.61 Å². The molecule has 0 spiro atoms. The van der Waals surface area contributed by atoms with E-state index in [1.54, 1.807) is 6.92 Å². The molecule has 3 aromatic rings. The summed E-state index contributed by atoms with van der Waals surface area (Å²) in [5.41, 5.74) is 1.85. The lowest BCUT2D eigenvalue weighted by Gasteiger charge is -2.16. The molecule has 2 aromatic carbocycles. The van der Waals surface area contributed by atoms with Gasteiger partial charge in [-0.1, -0.05) is 54.9 Å². The maximum Gasteiger partial charge on any atom is 0.342 e. The lowest BCUT2D eigenvalue weighted by Crippen LogP contribution is -2.16. The fourth-order valence-corrected chi connectivity index (χ4v) is 3.28. The van der Waals surface area contributed by atoms with Crippen molar-refractivity contribution in [2.75, 3.05) is 6.61 Å². The van der Waals surface area contributed by atoms with Crippen LogP contribution in [0.2, 0.25) is 0 Å². The van der Waals surface area contributed by atoms with Crippen molar-refractivity contribution in [3.63, 3.8) is 0 Å². The Kier molecular flexibility index (Phi) is 5.61. The van der Waals surface area contributed by atoms with Gasteiger partial charge in [-0.2, -0.15) is 0 Å². The second kappa shape index (κ2) is 7.77. The summed E-state index contributed by atoms with van der Waals surface area (Å²) in [4.78, 5) is 12.6. The van der Waals surface area contributed by atoms with Crippen molar-refractivity contribution >= 4 is 32.9 Å².